The van der Waals surface area contributed by atoms with Gasteiger partial charge in [0.15, 0.2) is 0 Å². The van der Waals surface area contributed by atoms with Gasteiger partial charge in [0.1, 0.15) is 11.4 Å². The molecule has 0 heterocycles. The first-order valence-electron chi connectivity index (χ1n) is 13.4. The van der Waals surface area contributed by atoms with Gasteiger partial charge in [0.05, 0.1) is 4.90 Å². The van der Waals surface area contributed by atoms with Gasteiger partial charge in [-0.1, -0.05) is 23.8 Å². The monoisotopic (exact) mass is 592 g/mol. The van der Waals surface area contributed by atoms with Gasteiger partial charge in [-0.3, -0.25) is 0 Å². The predicted octanol–water partition coefficient (Wildman–Crippen LogP) is 7.91. The summed E-state index contributed by atoms with van der Waals surface area (Å²) in [7, 11) is 0.871. The molecule has 0 fully saturated rings. The minimum atomic E-state index is -4.20. The Morgan fingerprint density at radius 1 is 0.610 bits per heavy atom. The van der Waals surface area contributed by atoms with E-state index in [-0.39, 0.29) is 4.90 Å². The summed E-state index contributed by atoms with van der Waals surface area (Å²) in [5.74, 6) is 0.637. The summed E-state index contributed by atoms with van der Waals surface area (Å²) in [4.78, 5) is 6.35. The van der Waals surface area contributed by atoms with Crippen LogP contribution in [0.3, 0.4) is 0 Å². The third-order valence-electron chi connectivity index (χ3n) is 6.43. The summed E-state index contributed by atoms with van der Waals surface area (Å²) in [6.07, 6.45) is 0. The molecular weight excluding hydrogens is 553 g/mol. The molecule has 0 aliphatic heterocycles. The summed E-state index contributed by atoms with van der Waals surface area (Å²) in [6.45, 7) is 7.88. The Kier molecular flexibility index (Phi) is 8.78. The van der Waals surface area contributed by atoms with Crippen molar-refractivity contribution in [2.24, 2.45) is 0 Å². The van der Waals surface area contributed by atoms with Crippen LogP contribution in [0.2, 0.25) is 0 Å². The number of anilines is 2. The zero-order chi connectivity index (χ0) is 30.0. The Morgan fingerprint density at radius 2 is 1.07 bits per heavy atom. The standard InChI is InChI=1S/C33H40N2O4S2/c1-25-12-18-31(19-13-25)41(36,37)39-40(29-20-14-26(15-21-29)34(5)6,30-22-16-27(17-23-30)35(7)8)32-11-9-10-28(24-32)38-33(2,3)4/h9-24H,1-8H3. The van der Waals surface area contributed by atoms with Crippen molar-refractivity contribution in [1.82, 2.24) is 0 Å². The van der Waals surface area contributed by atoms with E-state index in [1.54, 1.807) is 24.3 Å². The number of benzene rings is 4. The summed E-state index contributed by atoms with van der Waals surface area (Å²) in [6, 6.07) is 30.2. The largest absolute Gasteiger partial charge is 0.488 e. The summed E-state index contributed by atoms with van der Waals surface area (Å²) in [5.41, 5.74) is 2.52. The number of rotatable bonds is 9. The van der Waals surface area contributed by atoms with Crippen molar-refractivity contribution in [3.05, 3.63) is 103 Å². The molecular formula is C33H40N2O4S2. The van der Waals surface area contributed by atoms with Crippen molar-refractivity contribution in [2.75, 3.05) is 38.0 Å². The third kappa shape index (κ3) is 6.89. The molecule has 4 aromatic rings. The molecule has 41 heavy (non-hydrogen) atoms. The van der Waals surface area contributed by atoms with E-state index < -0.39 is 26.0 Å². The lowest BCUT2D eigenvalue weighted by molar-refractivity contribution is 0.130. The molecule has 0 saturated carbocycles. The van der Waals surface area contributed by atoms with E-state index in [2.05, 4.69) is 0 Å². The molecule has 0 aliphatic rings. The smallest absolute Gasteiger partial charge is 0.307 e. The maximum absolute atomic E-state index is 14.1. The van der Waals surface area contributed by atoms with Crippen LogP contribution in [0.5, 0.6) is 5.75 Å². The molecule has 8 heteroatoms. The van der Waals surface area contributed by atoms with Gasteiger partial charge >= 0.3 is 10.1 Å². The second kappa shape index (κ2) is 11.8. The minimum Gasteiger partial charge on any atom is -0.488 e. The average molecular weight is 593 g/mol. The Labute approximate surface area is 247 Å². The van der Waals surface area contributed by atoms with Crippen LogP contribution in [0, 0.1) is 6.92 Å². The van der Waals surface area contributed by atoms with Crippen LogP contribution in [0.1, 0.15) is 26.3 Å². The normalized spacial score (nSPS) is 12.6. The van der Waals surface area contributed by atoms with Crippen molar-refractivity contribution in [2.45, 2.75) is 52.9 Å². The molecule has 0 aliphatic carbocycles. The lowest BCUT2D eigenvalue weighted by Gasteiger charge is -2.40. The second-order valence-corrected chi connectivity index (χ2v) is 15.8. The molecule has 4 aromatic carbocycles. The van der Waals surface area contributed by atoms with Crippen LogP contribution in [-0.2, 0) is 13.7 Å². The Balaban J connectivity index is 2.04. The molecule has 0 spiro atoms. The maximum atomic E-state index is 14.1. The number of nitrogens with zero attached hydrogens (tertiary/aromatic N) is 2. The molecule has 0 radical (unpaired) electrons. The van der Waals surface area contributed by atoms with Crippen LogP contribution in [-0.4, -0.2) is 42.2 Å². The molecule has 0 amide bonds. The van der Waals surface area contributed by atoms with Crippen molar-refractivity contribution in [3.63, 3.8) is 0 Å². The molecule has 0 unspecified atom stereocenters. The van der Waals surface area contributed by atoms with Gasteiger partial charge in [-0.15, -0.1) is 0 Å². The predicted molar refractivity (Wildman–Crippen MR) is 170 cm³/mol. The lowest BCUT2D eigenvalue weighted by Crippen LogP contribution is -2.23. The Morgan fingerprint density at radius 3 is 1.51 bits per heavy atom. The summed E-state index contributed by atoms with van der Waals surface area (Å²) >= 11 is 0. The molecule has 0 atom stereocenters. The highest BCUT2D eigenvalue weighted by atomic mass is 32.3. The number of ether oxygens (including phenoxy) is 1. The van der Waals surface area contributed by atoms with E-state index in [0.717, 1.165) is 26.7 Å². The van der Waals surface area contributed by atoms with E-state index in [9.17, 15) is 8.42 Å². The second-order valence-electron chi connectivity index (χ2n) is 11.4. The van der Waals surface area contributed by atoms with Gasteiger partial charge in [-0.25, -0.2) is 3.63 Å². The molecule has 4 rings (SSSR count). The van der Waals surface area contributed by atoms with Crippen LogP contribution in [0.15, 0.2) is 117 Å². The first kappa shape index (κ1) is 30.5. The Hall–Kier alpha value is -3.46. The van der Waals surface area contributed by atoms with Gasteiger partial charge in [0.25, 0.3) is 0 Å². The number of hydrogen-bond acceptors (Lipinski definition) is 6. The maximum Gasteiger partial charge on any atom is 0.307 e. The highest BCUT2D eigenvalue weighted by Crippen LogP contribution is 2.70. The fourth-order valence-corrected chi connectivity index (χ4v) is 9.56. The lowest BCUT2D eigenvalue weighted by atomic mass is 10.2. The van der Waals surface area contributed by atoms with Gasteiger partial charge in [0.2, 0.25) is 0 Å². The average Bonchev–Trinajstić information content (AvgIpc) is 2.91. The highest BCUT2D eigenvalue weighted by Gasteiger charge is 2.39. The SMILES string of the molecule is Cc1ccc(S(=O)(=O)OS(c2ccc(N(C)C)cc2)(c2ccc(N(C)C)cc2)c2cccc(OC(C)(C)C)c2)cc1. The molecule has 0 aromatic heterocycles. The molecule has 0 N–H and O–H groups in total. The van der Waals surface area contributed by atoms with Gasteiger partial charge in [-0.2, -0.15) is 8.42 Å². The first-order chi connectivity index (χ1) is 19.2. The quantitative estimate of drug-likeness (QED) is 0.197. The molecule has 6 nitrogen and oxygen atoms in total. The fraction of sp³-hybridized carbons (Fsp3) is 0.273. The van der Waals surface area contributed by atoms with Crippen LogP contribution >= 0.6 is 10.3 Å². The van der Waals surface area contributed by atoms with E-state index in [1.807, 2.05) is 138 Å². The van der Waals surface area contributed by atoms with Crippen molar-refractivity contribution >= 4 is 31.8 Å². The zero-order valence-corrected chi connectivity index (χ0v) is 26.7. The zero-order valence-electron chi connectivity index (χ0n) is 25.1. The minimum absolute atomic E-state index is 0.108. The molecule has 218 valence electrons. The highest BCUT2D eigenvalue weighted by molar-refractivity contribution is 8.33. The van der Waals surface area contributed by atoms with E-state index in [1.165, 1.54) is 0 Å². The van der Waals surface area contributed by atoms with Crippen LogP contribution in [0.4, 0.5) is 11.4 Å². The van der Waals surface area contributed by atoms with Gasteiger partial charge in [0, 0.05) is 54.3 Å². The van der Waals surface area contributed by atoms with Crippen LogP contribution in [0.25, 0.3) is 0 Å². The topological polar surface area (TPSA) is 59.1 Å². The van der Waals surface area contributed by atoms with Crippen molar-refractivity contribution in [1.29, 1.82) is 0 Å². The van der Waals surface area contributed by atoms with Gasteiger partial charge < -0.3 is 14.5 Å². The van der Waals surface area contributed by atoms with Crippen LogP contribution < -0.4 is 14.5 Å². The van der Waals surface area contributed by atoms with E-state index >= 15 is 0 Å². The molecule has 0 saturated heterocycles. The first-order valence-corrected chi connectivity index (χ1v) is 16.4. The summed E-state index contributed by atoms with van der Waals surface area (Å²) < 4.78 is 41.0. The van der Waals surface area contributed by atoms with E-state index in [0.29, 0.717) is 10.6 Å². The number of aryl methyl sites for hydroxylation is 1. The van der Waals surface area contributed by atoms with Gasteiger partial charge in [-0.05, 0) is 117 Å². The van der Waals surface area contributed by atoms with Crippen molar-refractivity contribution in [3.8, 4) is 5.75 Å². The Bertz CT molecular complexity index is 1520. The summed E-state index contributed by atoms with van der Waals surface area (Å²) in [5, 5.41) is 0. The molecule has 0 bridgehead atoms. The third-order valence-corrected chi connectivity index (χ3v) is 11.6. The van der Waals surface area contributed by atoms with Crippen molar-refractivity contribution < 1.29 is 16.8 Å². The fourth-order valence-electron chi connectivity index (χ4n) is 4.35. The number of hydrogen-bond donors (Lipinski definition) is 0. The van der Waals surface area contributed by atoms with E-state index in [4.69, 9.17) is 8.37 Å².